The minimum atomic E-state index is -0.0283. The van der Waals surface area contributed by atoms with Crippen LogP contribution in [0.25, 0.3) is 0 Å². The highest BCUT2D eigenvalue weighted by molar-refractivity contribution is 5.92. The molecule has 7 nitrogen and oxygen atoms in total. The zero-order valence-electron chi connectivity index (χ0n) is 19.0. The van der Waals surface area contributed by atoms with Crippen LogP contribution in [-0.4, -0.2) is 70.9 Å². The number of hydrazine groups is 1. The highest BCUT2D eigenvalue weighted by Gasteiger charge is 2.50. The molecule has 2 aliphatic carbocycles. The largest absolute Gasteiger partial charge is 0.459 e. The summed E-state index contributed by atoms with van der Waals surface area (Å²) in [5.41, 5.74) is 3.56. The molecule has 3 heterocycles. The molecular formula is C24H36N4O3. The van der Waals surface area contributed by atoms with E-state index in [9.17, 15) is 9.59 Å². The van der Waals surface area contributed by atoms with Crippen LogP contribution in [0.2, 0.25) is 0 Å². The van der Waals surface area contributed by atoms with Crippen molar-refractivity contribution in [3.63, 3.8) is 0 Å². The molecule has 4 fully saturated rings. The van der Waals surface area contributed by atoms with Gasteiger partial charge in [-0.3, -0.25) is 15.0 Å². The summed E-state index contributed by atoms with van der Waals surface area (Å²) in [5, 5.41) is 2.33. The molecule has 6 unspecified atom stereocenters. The number of fused-ring (bicyclic) bond motifs is 2. The molecule has 170 valence electrons. The number of nitrogens with zero attached hydrogens (tertiary/aromatic N) is 3. The van der Waals surface area contributed by atoms with Crippen LogP contribution in [0.4, 0.5) is 0 Å². The van der Waals surface area contributed by atoms with E-state index >= 15 is 0 Å². The van der Waals surface area contributed by atoms with E-state index in [0.717, 1.165) is 25.8 Å². The fraction of sp³-hybridized carbons (Fsp3) is 0.750. The van der Waals surface area contributed by atoms with E-state index in [1.165, 1.54) is 19.3 Å². The second kappa shape index (κ2) is 8.24. The number of rotatable bonds is 2. The summed E-state index contributed by atoms with van der Waals surface area (Å²) >= 11 is 0. The lowest BCUT2D eigenvalue weighted by Gasteiger charge is -2.55. The number of hydrogen-bond donors (Lipinski definition) is 1. The number of piperazine rings is 1. The van der Waals surface area contributed by atoms with Crippen molar-refractivity contribution in [2.75, 3.05) is 20.1 Å². The van der Waals surface area contributed by atoms with Gasteiger partial charge in [0.25, 0.3) is 5.91 Å². The third-order valence-corrected chi connectivity index (χ3v) is 8.63. The van der Waals surface area contributed by atoms with Crippen LogP contribution in [0, 0.1) is 17.8 Å². The first-order valence-corrected chi connectivity index (χ1v) is 12.1. The molecule has 2 amide bonds. The van der Waals surface area contributed by atoms with E-state index in [1.54, 1.807) is 25.3 Å². The Labute approximate surface area is 185 Å². The molecule has 1 aromatic rings. The Morgan fingerprint density at radius 1 is 1.10 bits per heavy atom. The third-order valence-electron chi connectivity index (χ3n) is 8.63. The van der Waals surface area contributed by atoms with Crippen molar-refractivity contribution in [3.05, 3.63) is 24.2 Å². The van der Waals surface area contributed by atoms with Gasteiger partial charge in [-0.15, -0.1) is 0 Å². The van der Waals surface area contributed by atoms with Crippen molar-refractivity contribution >= 4 is 11.8 Å². The van der Waals surface area contributed by atoms with E-state index in [2.05, 4.69) is 29.3 Å². The predicted molar refractivity (Wildman–Crippen MR) is 117 cm³/mol. The summed E-state index contributed by atoms with van der Waals surface area (Å²) in [6, 6.07) is 4.38. The van der Waals surface area contributed by atoms with Crippen LogP contribution in [0.5, 0.6) is 0 Å². The van der Waals surface area contributed by atoms with Crippen molar-refractivity contribution in [2.24, 2.45) is 17.8 Å². The SMILES string of the molecule is CC(=O)N1C2CCC(C3CCCC4C3CNN4C)CC2N(C(=O)c2ccco2)C[C@@H]1C. The molecular weight excluding hydrogens is 392 g/mol. The Morgan fingerprint density at radius 3 is 2.68 bits per heavy atom. The van der Waals surface area contributed by atoms with Gasteiger partial charge in [0.15, 0.2) is 5.76 Å². The van der Waals surface area contributed by atoms with E-state index in [0.29, 0.717) is 36.1 Å². The van der Waals surface area contributed by atoms with Crippen LogP contribution in [-0.2, 0) is 4.79 Å². The van der Waals surface area contributed by atoms with Crippen LogP contribution < -0.4 is 5.43 Å². The summed E-state index contributed by atoms with van der Waals surface area (Å²) in [7, 11) is 2.18. The smallest absolute Gasteiger partial charge is 0.289 e. The number of hydrogen-bond acceptors (Lipinski definition) is 5. The number of nitrogens with one attached hydrogen (secondary N) is 1. The van der Waals surface area contributed by atoms with Gasteiger partial charge in [-0.05, 0) is 68.9 Å². The number of carbonyl (C=O) groups is 2. The fourth-order valence-corrected chi connectivity index (χ4v) is 7.36. The van der Waals surface area contributed by atoms with Crippen molar-refractivity contribution in [2.45, 2.75) is 76.5 Å². The molecule has 7 atom stereocenters. The minimum Gasteiger partial charge on any atom is -0.459 e. The van der Waals surface area contributed by atoms with Crippen LogP contribution in [0.3, 0.4) is 0 Å². The van der Waals surface area contributed by atoms with E-state index in [-0.39, 0.29) is 29.9 Å². The van der Waals surface area contributed by atoms with Crippen molar-refractivity contribution in [1.82, 2.24) is 20.2 Å². The van der Waals surface area contributed by atoms with Gasteiger partial charge >= 0.3 is 0 Å². The first-order valence-electron chi connectivity index (χ1n) is 12.1. The van der Waals surface area contributed by atoms with E-state index in [1.807, 2.05) is 4.90 Å². The lowest BCUT2D eigenvalue weighted by Crippen LogP contribution is -2.67. The van der Waals surface area contributed by atoms with Gasteiger partial charge in [0.05, 0.1) is 18.3 Å². The van der Waals surface area contributed by atoms with Gasteiger partial charge in [-0.25, -0.2) is 5.01 Å². The Morgan fingerprint density at radius 2 is 1.94 bits per heavy atom. The van der Waals surface area contributed by atoms with Crippen molar-refractivity contribution in [1.29, 1.82) is 0 Å². The normalized spacial score (nSPS) is 38.6. The van der Waals surface area contributed by atoms with Gasteiger partial charge in [0, 0.05) is 39.1 Å². The standard InChI is InChI=1S/C24H36N4O3/c1-15-14-27(24(30)23-8-5-11-31-23)22-12-17(9-10-21(22)28(15)16(2)29)18-6-4-7-20-19(18)13-25-26(20)3/h5,8,11,15,17-22,25H,4,6-7,9-10,12-14H2,1-3H3/t15-,17?,18?,19?,20?,21?,22?/m0/s1. The van der Waals surface area contributed by atoms with Gasteiger partial charge in [0.2, 0.25) is 5.91 Å². The second-order valence-corrected chi connectivity index (χ2v) is 10.2. The Balaban J connectivity index is 1.41. The molecule has 31 heavy (non-hydrogen) atoms. The molecule has 7 heteroatoms. The lowest BCUT2D eigenvalue weighted by molar-refractivity contribution is -0.142. The summed E-state index contributed by atoms with van der Waals surface area (Å²) in [5.74, 6) is 2.51. The molecule has 1 aromatic heterocycles. The topological polar surface area (TPSA) is 69.0 Å². The Bertz CT molecular complexity index is 812. The average Bonchev–Trinajstić information content (AvgIpc) is 3.42. The maximum atomic E-state index is 13.4. The zero-order chi connectivity index (χ0) is 21.7. The highest BCUT2D eigenvalue weighted by Crippen LogP contribution is 2.46. The van der Waals surface area contributed by atoms with Crippen LogP contribution >= 0.6 is 0 Å². The van der Waals surface area contributed by atoms with Crippen LogP contribution in [0.1, 0.15) is 62.9 Å². The monoisotopic (exact) mass is 428 g/mol. The maximum Gasteiger partial charge on any atom is 0.289 e. The van der Waals surface area contributed by atoms with Gasteiger partial charge in [-0.1, -0.05) is 6.42 Å². The lowest BCUT2D eigenvalue weighted by atomic mass is 9.64. The number of amides is 2. The quantitative estimate of drug-likeness (QED) is 0.785. The maximum absolute atomic E-state index is 13.4. The first kappa shape index (κ1) is 21.0. The second-order valence-electron chi connectivity index (χ2n) is 10.2. The number of carbonyl (C=O) groups excluding carboxylic acids is 2. The van der Waals surface area contributed by atoms with Crippen LogP contribution in [0.15, 0.2) is 22.8 Å². The molecule has 0 radical (unpaired) electrons. The van der Waals surface area contributed by atoms with E-state index in [4.69, 9.17) is 4.42 Å². The Kier molecular flexibility index (Phi) is 5.59. The Hall–Kier alpha value is -1.86. The molecule has 4 aliphatic rings. The van der Waals surface area contributed by atoms with Gasteiger partial charge < -0.3 is 14.2 Å². The van der Waals surface area contributed by atoms with Gasteiger partial charge in [-0.2, -0.15) is 0 Å². The van der Waals surface area contributed by atoms with E-state index < -0.39 is 0 Å². The average molecular weight is 429 g/mol. The first-order chi connectivity index (χ1) is 15.0. The van der Waals surface area contributed by atoms with Crippen molar-refractivity contribution in [3.8, 4) is 0 Å². The summed E-state index contributed by atoms with van der Waals surface area (Å²) in [6.07, 6.45) is 8.55. The fourth-order valence-electron chi connectivity index (χ4n) is 7.36. The summed E-state index contributed by atoms with van der Waals surface area (Å²) in [4.78, 5) is 30.0. The molecule has 0 spiro atoms. The zero-order valence-corrected chi connectivity index (χ0v) is 19.0. The number of furan rings is 1. The molecule has 2 aliphatic heterocycles. The highest BCUT2D eigenvalue weighted by atomic mass is 16.3. The summed E-state index contributed by atoms with van der Waals surface area (Å²) in [6.45, 7) is 5.39. The van der Waals surface area contributed by atoms with Crippen molar-refractivity contribution < 1.29 is 14.0 Å². The molecule has 5 rings (SSSR count). The molecule has 0 bridgehead atoms. The molecule has 1 N–H and O–H groups in total. The van der Waals surface area contributed by atoms with Gasteiger partial charge in [0.1, 0.15) is 0 Å². The molecule has 2 saturated heterocycles. The minimum absolute atomic E-state index is 0.0283. The predicted octanol–water partition coefficient (Wildman–Crippen LogP) is 2.74. The molecule has 2 saturated carbocycles. The summed E-state index contributed by atoms with van der Waals surface area (Å²) < 4.78 is 5.46. The molecule has 0 aromatic carbocycles. The third kappa shape index (κ3) is 3.59.